The lowest BCUT2D eigenvalue weighted by atomic mass is 10.2. The molecule has 0 atom stereocenters. The van der Waals surface area contributed by atoms with Crippen molar-refractivity contribution in [1.29, 1.82) is 0 Å². The van der Waals surface area contributed by atoms with Crippen LogP contribution in [0.25, 0.3) is 0 Å². The van der Waals surface area contributed by atoms with E-state index >= 15 is 0 Å². The minimum Gasteiger partial charge on any atom is -0.465 e. The van der Waals surface area contributed by atoms with Gasteiger partial charge in [0, 0.05) is 13.2 Å². The van der Waals surface area contributed by atoms with Gasteiger partial charge in [0.05, 0.1) is 0 Å². The Morgan fingerprint density at radius 2 is 2.23 bits per heavy atom. The molecule has 2 N–H and O–H groups in total. The van der Waals surface area contributed by atoms with E-state index in [1.165, 1.54) is 0 Å². The van der Waals surface area contributed by atoms with Crippen LogP contribution in [0.4, 0.5) is 4.79 Å². The van der Waals surface area contributed by atoms with Crippen molar-refractivity contribution in [3.8, 4) is 12.3 Å². The van der Waals surface area contributed by atoms with Crippen molar-refractivity contribution in [2.75, 3.05) is 19.8 Å². The number of terminal acetylenes is 1. The van der Waals surface area contributed by atoms with Gasteiger partial charge in [0.1, 0.15) is 6.61 Å². The summed E-state index contributed by atoms with van der Waals surface area (Å²) in [6.07, 6.45) is 6.71. The fourth-order valence-corrected chi connectivity index (χ4v) is 0.832. The number of hydrogen-bond donors (Lipinski definition) is 2. The summed E-state index contributed by atoms with van der Waals surface area (Å²) in [6, 6.07) is 0. The van der Waals surface area contributed by atoms with Crippen LogP contribution >= 0.6 is 0 Å². The summed E-state index contributed by atoms with van der Waals surface area (Å²) in [5, 5.41) is 10.5. The van der Waals surface area contributed by atoms with Crippen LogP contribution in [0.3, 0.4) is 0 Å². The maximum Gasteiger partial charge on any atom is 0.404 e. The highest BCUT2D eigenvalue weighted by Gasteiger charge is 1.93. The zero-order chi connectivity index (χ0) is 9.94. The molecule has 0 aliphatic carbocycles. The topological polar surface area (TPSA) is 58.6 Å². The second-order valence-electron chi connectivity index (χ2n) is 2.55. The van der Waals surface area contributed by atoms with E-state index in [1.54, 1.807) is 0 Å². The smallest absolute Gasteiger partial charge is 0.404 e. The van der Waals surface area contributed by atoms with E-state index in [0.717, 1.165) is 19.3 Å². The Bertz CT molecular complexity index is 174. The number of carbonyl (C=O) groups is 1. The molecular formula is C9H15NO3. The lowest BCUT2D eigenvalue weighted by molar-refractivity contribution is 0.161. The molecule has 0 bridgehead atoms. The molecule has 13 heavy (non-hydrogen) atoms. The normalized spacial score (nSPS) is 9.15. The van der Waals surface area contributed by atoms with Gasteiger partial charge in [-0.25, -0.2) is 4.79 Å². The van der Waals surface area contributed by atoms with Crippen molar-refractivity contribution in [2.45, 2.75) is 19.3 Å². The Hall–Kier alpha value is -1.21. The first kappa shape index (κ1) is 11.8. The van der Waals surface area contributed by atoms with Crippen LogP contribution in [0, 0.1) is 12.3 Å². The van der Waals surface area contributed by atoms with Gasteiger partial charge in [-0.05, 0) is 19.3 Å². The summed E-state index contributed by atoms with van der Waals surface area (Å²) < 4.78 is 5.04. The molecule has 74 valence electrons. The van der Waals surface area contributed by atoms with Crippen LogP contribution in [0.5, 0.6) is 0 Å². The minimum absolute atomic E-state index is 0.355. The summed E-state index contributed by atoms with van der Waals surface area (Å²) in [5.74, 6) is 2.37. The molecule has 1 amide bonds. The Morgan fingerprint density at radius 3 is 2.85 bits per heavy atom. The van der Waals surface area contributed by atoms with Gasteiger partial charge >= 0.3 is 6.09 Å². The van der Waals surface area contributed by atoms with Crippen LogP contribution in [-0.4, -0.2) is 31.0 Å². The van der Waals surface area contributed by atoms with Crippen molar-refractivity contribution in [3.05, 3.63) is 0 Å². The highest BCUT2D eigenvalue weighted by atomic mass is 16.5. The monoisotopic (exact) mass is 185 g/mol. The quantitative estimate of drug-likeness (QED) is 0.461. The Balaban J connectivity index is 2.92. The third-order valence-corrected chi connectivity index (χ3v) is 1.43. The molecule has 0 unspecified atom stereocenters. The third-order valence-electron chi connectivity index (χ3n) is 1.43. The van der Waals surface area contributed by atoms with Gasteiger partial charge in [0.15, 0.2) is 0 Å². The SMILES string of the molecule is C#CCOCCCCCNC(=O)O. The molecule has 0 heterocycles. The van der Waals surface area contributed by atoms with E-state index in [1.807, 2.05) is 0 Å². The zero-order valence-corrected chi connectivity index (χ0v) is 7.58. The molecule has 0 aliphatic heterocycles. The van der Waals surface area contributed by atoms with Gasteiger partial charge < -0.3 is 15.2 Å². The van der Waals surface area contributed by atoms with E-state index in [4.69, 9.17) is 16.3 Å². The molecule has 0 radical (unpaired) electrons. The van der Waals surface area contributed by atoms with E-state index in [-0.39, 0.29) is 0 Å². The molecule has 0 saturated carbocycles. The summed E-state index contributed by atoms with van der Waals surface area (Å²) in [5.41, 5.74) is 0. The van der Waals surface area contributed by atoms with Crippen molar-refractivity contribution in [1.82, 2.24) is 5.32 Å². The zero-order valence-electron chi connectivity index (χ0n) is 7.58. The van der Waals surface area contributed by atoms with Crippen LogP contribution in [0.2, 0.25) is 0 Å². The van der Waals surface area contributed by atoms with E-state index in [0.29, 0.717) is 19.8 Å². The van der Waals surface area contributed by atoms with E-state index in [2.05, 4.69) is 11.2 Å². The standard InChI is InChI=1S/C9H15NO3/c1-2-7-13-8-5-3-4-6-10-9(11)12/h1,10H,3-8H2,(H,11,12). The van der Waals surface area contributed by atoms with Crippen LogP contribution < -0.4 is 5.32 Å². The number of carboxylic acid groups (broad SMARTS) is 1. The lowest BCUT2D eigenvalue weighted by Gasteiger charge is -2.01. The third kappa shape index (κ3) is 10.8. The molecule has 0 aromatic heterocycles. The Labute approximate surface area is 78.3 Å². The first-order valence-electron chi connectivity index (χ1n) is 4.25. The maximum absolute atomic E-state index is 10.0. The van der Waals surface area contributed by atoms with Gasteiger partial charge in [0.2, 0.25) is 0 Å². The van der Waals surface area contributed by atoms with E-state index in [9.17, 15) is 4.79 Å². The van der Waals surface area contributed by atoms with Gasteiger partial charge in [-0.2, -0.15) is 0 Å². The van der Waals surface area contributed by atoms with Gasteiger partial charge in [-0.3, -0.25) is 0 Å². The Kier molecular flexibility index (Phi) is 8.06. The molecule has 0 aromatic carbocycles. The second-order valence-corrected chi connectivity index (χ2v) is 2.55. The summed E-state index contributed by atoms with van der Waals surface area (Å²) in [7, 11) is 0. The molecule has 0 saturated heterocycles. The minimum atomic E-state index is -0.969. The molecule has 0 rings (SSSR count). The highest BCUT2D eigenvalue weighted by Crippen LogP contribution is 1.94. The first-order valence-corrected chi connectivity index (χ1v) is 4.25. The summed E-state index contributed by atoms with van der Waals surface area (Å²) in [6.45, 7) is 1.51. The fraction of sp³-hybridized carbons (Fsp3) is 0.667. The number of amides is 1. The van der Waals surface area contributed by atoms with Crippen LogP contribution in [-0.2, 0) is 4.74 Å². The molecule has 0 fully saturated rings. The average Bonchev–Trinajstić information content (AvgIpc) is 2.09. The van der Waals surface area contributed by atoms with Crippen LogP contribution in [0.15, 0.2) is 0 Å². The maximum atomic E-state index is 10.0. The Morgan fingerprint density at radius 1 is 1.46 bits per heavy atom. The highest BCUT2D eigenvalue weighted by molar-refractivity contribution is 5.64. The molecule has 4 nitrogen and oxygen atoms in total. The largest absolute Gasteiger partial charge is 0.465 e. The average molecular weight is 185 g/mol. The van der Waals surface area contributed by atoms with Gasteiger partial charge in [0.25, 0.3) is 0 Å². The molecule has 0 aliphatic rings. The fourth-order valence-electron chi connectivity index (χ4n) is 0.832. The molecule has 0 aromatic rings. The number of ether oxygens (including phenoxy) is 1. The first-order chi connectivity index (χ1) is 6.27. The number of rotatable bonds is 7. The second kappa shape index (κ2) is 8.88. The van der Waals surface area contributed by atoms with Crippen LogP contribution in [0.1, 0.15) is 19.3 Å². The van der Waals surface area contributed by atoms with Gasteiger partial charge in [-0.1, -0.05) is 5.92 Å². The summed E-state index contributed by atoms with van der Waals surface area (Å²) >= 11 is 0. The predicted octanol–water partition coefficient (Wildman–Crippen LogP) is 1.07. The number of unbranched alkanes of at least 4 members (excludes halogenated alkanes) is 2. The molecule has 4 heteroatoms. The van der Waals surface area contributed by atoms with Gasteiger partial charge in [-0.15, -0.1) is 6.42 Å². The number of hydrogen-bond acceptors (Lipinski definition) is 2. The molecular weight excluding hydrogens is 170 g/mol. The van der Waals surface area contributed by atoms with Crippen molar-refractivity contribution >= 4 is 6.09 Å². The lowest BCUT2D eigenvalue weighted by Crippen LogP contribution is -2.21. The van der Waals surface area contributed by atoms with Crippen molar-refractivity contribution in [3.63, 3.8) is 0 Å². The van der Waals surface area contributed by atoms with Crippen molar-refractivity contribution < 1.29 is 14.6 Å². The van der Waals surface area contributed by atoms with Crippen molar-refractivity contribution in [2.24, 2.45) is 0 Å². The predicted molar refractivity (Wildman–Crippen MR) is 49.5 cm³/mol. The van der Waals surface area contributed by atoms with E-state index < -0.39 is 6.09 Å². The molecule has 0 spiro atoms. The number of nitrogens with one attached hydrogen (secondary N) is 1. The summed E-state index contributed by atoms with van der Waals surface area (Å²) in [4.78, 5) is 10.0.